The summed E-state index contributed by atoms with van der Waals surface area (Å²) in [6, 6.07) is 8.46. The van der Waals surface area contributed by atoms with Gasteiger partial charge in [-0.15, -0.1) is 0 Å². The van der Waals surface area contributed by atoms with Gasteiger partial charge in [0.2, 0.25) is 0 Å². The Labute approximate surface area is 116 Å². The molecule has 0 fully saturated rings. The molecule has 0 radical (unpaired) electrons. The Kier molecular flexibility index (Phi) is 4.01. The highest BCUT2D eigenvalue weighted by Gasteiger charge is 2.21. The molecule has 2 rings (SSSR count). The second-order valence-electron chi connectivity index (χ2n) is 4.79. The zero-order valence-corrected chi connectivity index (χ0v) is 11.5. The first-order valence-corrected chi connectivity index (χ1v) is 6.52. The lowest BCUT2D eigenvalue weighted by Gasteiger charge is -2.18. The molecule has 0 saturated carbocycles. The fourth-order valence-corrected chi connectivity index (χ4v) is 1.98. The van der Waals surface area contributed by atoms with Crippen LogP contribution in [0.25, 0.3) is 5.69 Å². The van der Waals surface area contributed by atoms with Gasteiger partial charge >= 0.3 is 5.69 Å². The van der Waals surface area contributed by atoms with E-state index in [0.717, 1.165) is 6.42 Å². The van der Waals surface area contributed by atoms with E-state index >= 15 is 0 Å². The van der Waals surface area contributed by atoms with Crippen molar-refractivity contribution in [3.05, 3.63) is 46.1 Å². The zero-order chi connectivity index (χ0) is 14.7. The van der Waals surface area contributed by atoms with Crippen molar-refractivity contribution in [2.24, 2.45) is 11.7 Å². The van der Waals surface area contributed by atoms with Crippen LogP contribution >= 0.6 is 0 Å². The van der Waals surface area contributed by atoms with E-state index in [1.54, 1.807) is 24.3 Å². The van der Waals surface area contributed by atoms with Gasteiger partial charge in [0.05, 0.1) is 23.4 Å². The van der Waals surface area contributed by atoms with Crippen LogP contribution in [0, 0.1) is 17.2 Å². The third-order valence-corrected chi connectivity index (χ3v) is 3.51. The number of nitrogens with zero attached hydrogens (tertiary/aromatic N) is 3. The molecule has 20 heavy (non-hydrogen) atoms. The predicted octanol–water partition coefficient (Wildman–Crippen LogP) is 1.48. The molecule has 2 atom stereocenters. The van der Waals surface area contributed by atoms with Crippen molar-refractivity contribution in [1.82, 2.24) is 14.8 Å². The van der Waals surface area contributed by atoms with Crippen molar-refractivity contribution in [2.75, 3.05) is 0 Å². The molecule has 0 unspecified atom stereocenters. The number of nitrogens with two attached hydrogens (primary N) is 1. The molecule has 0 amide bonds. The summed E-state index contributed by atoms with van der Waals surface area (Å²) in [5.41, 5.74) is 7.02. The van der Waals surface area contributed by atoms with E-state index in [-0.39, 0.29) is 17.6 Å². The molecule has 6 nitrogen and oxygen atoms in total. The third kappa shape index (κ3) is 2.49. The summed E-state index contributed by atoms with van der Waals surface area (Å²) >= 11 is 0. The maximum Gasteiger partial charge on any atom is 0.347 e. The van der Waals surface area contributed by atoms with Crippen molar-refractivity contribution in [2.45, 2.75) is 26.3 Å². The van der Waals surface area contributed by atoms with Crippen molar-refractivity contribution in [3.8, 4) is 11.8 Å². The van der Waals surface area contributed by atoms with E-state index in [0.29, 0.717) is 17.1 Å². The average molecular weight is 271 g/mol. The summed E-state index contributed by atoms with van der Waals surface area (Å²) in [7, 11) is 0. The van der Waals surface area contributed by atoms with Crippen LogP contribution in [0.3, 0.4) is 0 Å². The molecule has 2 aromatic rings. The maximum absolute atomic E-state index is 11.9. The first-order chi connectivity index (χ1) is 9.58. The zero-order valence-electron chi connectivity index (χ0n) is 11.5. The number of hydrogen-bond donors (Lipinski definition) is 2. The molecule has 0 bridgehead atoms. The number of nitrogens with one attached hydrogen (secondary N) is 1. The maximum atomic E-state index is 11.9. The van der Waals surface area contributed by atoms with Gasteiger partial charge in [-0.2, -0.15) is 10.4 Å². The lowest BCUT2D eigenvalue weighted by atomic mass is 9.99. The van der Waals surface area contributed by atoms with E-state index in [2.05, 4.69) is 10.2 Å². The smallest absolute Gasteiger partial charge is 0.321 e. The number of aromatic amines is 1. The van der Waals surface area contributed by atoms with Crippen LogP contribution in [0.4, 0.5) is 0 Å². The van der Waals surface area contributed by atoms with Gasteiger partial charge in [-0.25, -0.2) is 14.5 Å². The molecule has 0 aliphatic heterocycles. The number of nitriles is 1. The molecule has 1 heterocycles. The van der Waals surface area contributed by atoms with Crippen molar-refractivity contribution >= 4 is 0 Å². The van der Waals surface area contributed by atoms with Crippen molar-refractivity contribution < 1.29 is 0 Å². The van der Waals surface area contributed by atoms with E-state index in [9.17, 15) is 4.79 Å². The molecule has 1 aromatic heterocycles. The van der Waals surface area contributed by atoms with Gasteiger partial charge in [0, 0.05) is 0 Å². The fraction of sp³-hybridized carbons (Fsp3) is 0.357. The summed E-state index contributed by atoms with van der Waals surface area (Å²) in [6.45, 7) is 4.06. The highest BCUT2D eigenvalue weighted by molar-refractivity contribution is 5.40. The summed E-state index contributed by atoms with van der Waals surface area (Å²) in [5, 5.41) is 15.3. The number of hydrogen-bond acceptors (Lipinski definition) is 4. The Bertz CT molecular complexity index is 677. The Hall–Kier alpha value is -2.39. The van der Waals surface area contributed by atoms with Crippen molar-refractivity contribution in [3.63, 3.8) is 0 Å². The minimum absolute atomic E-state index is 0.210. The lowest BCUT2D eigenvalue weighted by Crippen LogP contribution is -2.25. The second-order valence-corrected chi connectivity index (χ2v) is 4.79. The summed E-state index contributed by atoms with van der Waals surface area (Å²) < 4.78 is 1.46. The number of aromatic nitrogens is 3. The van der Waals surface area contributed by atoms with E-state index in [1.807, 2.05) is 19.9 Å². The number of H-pyrrole nitrogens is 1. The Balaban J connectivity index is 2.48. The first kappa shape index (κ1) is 14.0. The molecule has 0 saturated heterocycles. The van der Waals surface area contributed by atoms with E-state index in [1.165, 1.54) is 4.57 Å². The highest BCUT2D eigenvalue weighted by atomic mass is 16.1. The predicted molar refractivity (Wildman–Crippen MR) is 75.3 cm³/mol. The first-order valence-electron chi connectivity index (χ1n) is 6.52. The SMILES string of the molecule is CC[C@H](C)[C@H](N)c1n[nH]c(=O)n1-c1ccc(C#N)cc1. The van der Waals surface area contributed by atoms with Gasteiger partial charge in [0.1, 0.15) is 0 Å². The molecule has 0 spiro atoms. The molecule has 0 aliphatic carbocycles. The Morgan fingerprint density at radius 3 is 2.65 bits per heavy atom. The van der Waals surface area contributed by atoms with E-state index < -0.39 is 0 Å². The standard InChI is InChI=1S/C14H17N5O/c1-3-9(2)12(16)13-17-18-14(20)19(13)11-6-4-10(8-15)5-7-11/h4-7,9,12H,3,16H2,1-2H3,(H,18,20)/t9-,12-/m0/s1. The highest BCUT2D eigenvalue weighted by Crippen LogP contribution is 2.21. The third-order valence-electron chi connectivity index (χ3n) is 3.51. The minimum Gasteiger partial charge on any atom is -0.321 e. The van der Waals surface area contributed by atoms with Gasteiger partial charge in [-0.3, -0.25) is 0 Å². The summed E-state index contributed by atoms with van der Waals surface area (Å²) in [6.07, 6.45) is 0.898. The molecule has 104 valence electrons. The monoisotopic (exact) mass is 271 g/mol. The molecule has 1 aromatic carbocycles. The van der Waals surface area contributed by atoms with Gasteiger partial charge in [0.15, 0.2) is 5.82 Å². The van der Waals surface area contributed by atoms with Crippen LogP contribution in [0.15, 0.2) is 29.1 Å². The topological polar surface area (TPSA) is 100 Å². The number of benzene rings is 1. The van der Waals surface area contributed by atoms with Crippen LogP contribution in [-0.2, 0) is 0 Å². The fourth-order valence-electron chi connectivity index (χ4n) is 1.98. The molecule has 3 N–H and O–H groups in total. The van der Waals surface area contributed by atoms with Crippen LogP contribution in [0.2, 0.25) is 0 Å². The second kappa shape index (κ2) is 5.72. The summed E-state index contributed by atoms with van der Waals surface area (Å²) in [4.78, 5) is 11.9. The van der Waals surface area contributed by atoms with Gasteiger partial charge in [0.25, 0.3) is 0 Å². The Morgan fingerprint density at radius 1 is 1.45 bits per heavy atom. The van der Waals surface area contributed by atoms with Crippen LogP contribution < -0.4 is 11.4 Å². The van der Waals surface area contributed by atoms with Crippen LogP contribution in [-0.4, -0.2) is 14.8 Å². The molecule has 0 aliphatic rings. The molecule has 6 heteroatoms. The van der Waals surface area contributed by atoms with Gasteiger partial charge < -0.3 is 5.73 Å². The van der Waals surface area contributed by atoms with Gasteiger partial charge in [-0.05, 0) is 30.2 Å². The Morgan fingerprint density at radius 2 is 2.10 bits per heavy atom. The van der Waals surface area contributed by atoms with Crippen LogP contribution in [0.5, 0.6) is 0 Å². The summed E-state index contributed by atoms with van der Waals surface area (Å²) in [5.74, 6) is 0.719. The quantitative estimate of drug-likeness (QED) is 0.879. The minimum atomic E-state index is -0.330. The molecular weight excluding hydrogens is 254 g/mol. The largest absolute Gasteiger partial charge is 0.347 e. The van der Waals surface area contributed by atoms with E-state index in [4.69, 9.17) is 11.0 Å². The molecular formula is C14H17N5O. The normalized spacial score (nSPS) is 13.7. The lowest BCUT2D eigenvalue weighted by molar-refractivity contribution is 0.433. The average Bonchev–Trinajstić information content (AvgIpc) is 2.87. The van der Waals surface area contributed by atoms with Gasteiger partial charge in [-0.1, -0.05) is 20.3 Å². The van der Waals surface area contributed by atoms with Crippen molar-refractivity contribution in [1.29, 1.82) is 5.26 Å². The number of rotatable bonds is 4. The van der Waals surface area contributed by atoms with Crippen LogP contribution in [0.1, 0.15) is 37.7 Å².